The fraction of sp³-hybridized carbons (Fsp3) is 0.318. The van der Waals surface area contributed by atoms with Gasteiger partial charge in [0, 0.05) is 6.54 Å². The Hall–Kier alpha value is -3.04. The number of benzene rings is 2. The lowest BCUT2D eigenvalue weighted by molar-refractivity contribution is -0.126. The van der Waals surface area contributed by atoms with Crippen molar-refractivity contribution in [3.63, 3.8) is 0 Å². The molecule has 0 aliphatic carbocycles. The minimum absolute atomic E-state index is 0.0164. The summed E-state index contributed by atoms with van der Waals surface area (Å²) in [6, 6.07) is 11.7. The number of nitrogens with zero attached hydrogens (tertiary/aromatic N) is 1. The first-order valence-electron chi connectivity index (χ1n) is 10.0. The number of carbonyl (C=O) groups excluding carboxylic acids is 3. The summed E-state index contributed by atoms with van der Waals surface area (Å²) in [5, 5.41) is 7.90. The normalized spacial score (nSPS) is 15.5. The summed E-state index contributed by atoms with van der Waals surface area (Å²) in [6.45, 7) is 4.00. The van der Waals surface area contributed by atoms with Crippen molar-refractivity contribution in [3.8, 4) is 0 Å². The molecule has 0 spiro atoms. The van der Waals surface area contributed by atoms with Crippen molar-refractivity contribution >= 4 is 27.7 Å². The van der Waals surface area contributed by atoms with E-state index in [1.165, 1.54) is 12.1 Å². The number of nitrogens with two attached hydrogens (primary N) is 1. The lowest BCUT2D eigenvalue weighted by atomic mass is 9.96. The maximum atomic E-state index is 13.0. The number of primary sulfonamides is 1. The molecule has 2 aromatic rings. The van der Waals surface area contributed by atoms with Crippen molar-refractivity contribution < 1.29 is 22.8 Å². The van der Waals surface area contributed by atoms with E-state index in [2.05, 4.69) is 5.32 Å². The van der Waals surface area contributed by atoms with Gasteiger partial charge in [-0.05, 0) is 42.2 Å². The van der Waals surface area contributed by atoms with Crippen LogP contribution in [0, 0.1) is 5.92 Å². The zero-order valence-corrected chi connectivity index (χ0v) is 18.2. The molecule has 3 amide bonds. The highest BCUT2D eigenvalue weighted by molar-refractivity contribution is 7.89. The predicted octanol–water partition coefficient (Wildman–Crippen LogP) is 1.70. The molecule has 3 N–H and O–H groups in total. The van der Waals surface area contributed by atoms with E-state index in [-0.39, 0.29) is 17.4 Å². The van der Waals surface area contributed by atoms with Gasteiger partial charge in [0.05, 0.1) is 16.0 Å². The summed E-state index contributed by atoms with van der Waals surface area (Å²) in [7, 11) is -3.76. The Morgan fingerprint density at radius 1 is 1.03 bits per heavy atom. The Balaban J connectivity index is 1.70. The van der Waals surface area contributed by atoms with Gasteiger partial charge in [-0.15, -0.1) is 0 Å². The number of carbonyl (C=O) groups is 3. The third-order valence-electron chi connectivity index (χ3n) is 5.52. The molecule has 0 bridgehead atoms. The monoisotopic (exact) mass is 443 g/mol. The van der Waals surface area contributed by atoms with Gasteiger partial charge < -0.3 is 5.32 Å². The van der Waals surface area contributed by atoms with Crippen LogP contribution in [-0.2, 0) is 21.2 Å². The molecule has 0 aromatic heterocycles. The van der Waals surface area contributed by atoms with Gasteiger partial charge in [0.1, 0.15) is 6.04 Å². The molecule has 1 aliphatic rings. The summed E-state index contributed by atoms with van der Waals surface area (Å²) in [5.74, 6) is -1.54. The second kappa shape index (κ2) is 8.99. The van der Waals surface area contributed by atoms with Crippen molar-refractivity contribution in [3.05, 3.63) is 65.2 Å². The Morgan fingerprint density at radius 3 is 2.06 bits per heavy atom. The van der Waals surface area contributed by atoms with E-state index in [0.717, 1.165) is 10.5 Å². The van der Waals surface area contributed by atoms with Crippen LogP contribution in [0.2, 0.25) is 0 Å². The lowest BCUT2D eigenvalue weighted by Gasteiger charge is -2.29. The molecule has 3 rings (SSSR count). The molecule has 1 heterocycles. The molecule has 2 aromatic carbocycles. The van der Waals surface area contributed by atoms with E-state index < -0.39 is 33.8 Å². The summed E-state index contributed by atoms with van der Waals surface area (Å²) >= 11 is 0. The van der Waals surface area contributed by atoms with Gasteiger partial charge in [0.2, 0.25) is 15.9 Å². The van der Waals surface area contributed by atoms with Crippen molar-refractivity contribution in [2.75, 3.05) is 6.54 Å². The smallest absolute Gasteiger partial charge is 0.262 e. The van der Waals surface area contributed by atoms with Gasteiger partial charge >= 0.3 is 0 Å². The topological polar surface area (TPSA) is 127 Å². The van der Waals surface area contributed by atoms with E-state index in [0.29, 0.717) is 24.0 Å². The third-order valence-corrected chi connectivity index (χ3v) is 6.45. The van der Waals surface area contributed by atoms with E-state index in [1.54, 1.807) is 36.4 Å². The molecular weight excluding hydrogens is 418 g/mol. The fourth-order valence-corrected chi connectivity index (χ4v) is 4.11. The molecule has 164 valence electrons. The van der Waals surface area contributed by atoms with Crippen molar-refractivity contribution in [1.29, 1.82) is 0 Å². The lowest BCUT2D eigenvalue weighted by Crippen LogP contribution is -2.53. The van der Waals surface area contributed by atoms with Crippen LogP contribution in [0.25, 0.3) is 0 Å². The first-order chi connectivity index (χ1) is 14.6. The number of amides is 3. The van der Waals surface area contributed by atoms with Crippen LogP contribution in [0.3, 0.4) is 0 Å². The number of hydrogen-bond acceptors (Lipinski definition) is 5. The predicted molar refractivity (Wildman–Crippen MR) is 115 cm³/mol. The third kappa shape index (κ3) is 4.67. The Morgan fingerprint density at radius 2 is 1.58 bits per heavy atom. The van der Waals surface area contributed by atoms with Crippen molar-refractivity contribution in [2.24, 2.45) is 11.1 Å². The van der Waals surface area contributed by atoms with Crippen LogP contribution in [0.15, 0.2) is 53.4 Å². The van der Waals surface area contributed by atoms with Gasteiger partial charge in [0.15, 0.2) is 0 Å². The first-order valence-corrected chi connectivity index (χ1v) is 11.6. The van der Waals surface area contributed by atoms with Gasteiger partial charge in [-0.3, -0.25) is 19.3 Å². The van der Waals surface area contributed by atoms with Crippen LogP contribution in [0.5, 0.6) is 0 Å². The molecule has 0 saturated heterocycles. The molecule has 8 nitrogen and oxygen atoms in total. The van der Waals surface area contributed by atoms with Crippen LogP contribution in [0.1, 0.15) is 46.5 Å². The van der Waals surface area contributed by atoms with Crippen LogP contribution in [-0.4, -0.2) is 43.6 Å². The Kier molecular flexibility index (Phi) is 6.56. The first kappa shape index (κ1) is 22.6. The zero-order chi connectivity index (χ0) is 22.8. The number of hydrogen-bond donors (Lipinski definition) is 2. The van der Waals surface area contributed by atoms with E-state index in [1.807, 2.05) is 13.8 Å². The van der Waals surface area contributed by atoms with Gasteiger partial charge in [-0.25, -0.2) is 13.6 Å². The summed E-state index contributed by atoms with van der Waals surface area (Å²) < 4.78 is 22.7. The quantitative estimate of drug-likeness (QED) is 0.601. The molecule has 2 atom stereocenters. The van der Waals surface area contributed by atoms with Gasteiger partial charge in [-0.1, -0.05) is 44.5 Å². The minimum atomic E-state index is -3.76. The van der Waals surface area contributed by atoms with Crippen molar-refractivity contribution in [1.82, 2.24) is 10.2 Å². The Bertz CT molecular complexity index is 1080. The average Bonchev–Trinajstić information content (AvgIpc) is 2.99. The molecule has 9 heteroatoms. The van der Waals surface area contributed by atoms with Crippen LogP contribution < -0.4 is 10.5 Å². The number of fused-ring (bicyclic) bond motifs is 1. The summed E-state index contributed by atoms with van der Waals surface area (Å²) in [5.41, 5.74) is 1.43. The molecule has 2 unspecified atom stereocenters. The zero-order valence-electron chi connectivity index (χ0n) is 17.4. The number of rotatable bonds is 8. The molecule has 0 fully saturated rings. The second-order valence-electron chi connectivity index (χ2n) is 7.59. The summed E-state index contributed by atoms with van der Waals surface area (Å²) in [4.78, 5) is 39.8. The molecule has 0 saturated carbocycles. The highest BCUT2D eigenvalue weighted by Crippen LogP contribution is 2.28. The summed E-state index contributed by atoms with van der Waals surface area (Å²) in [6.07, 6.45) is 1.06. The molecule has 31 heavy (non-hydrogen) atoms. The maximum absolute atomic E-state index is 13.0. The highest BCUT2D eigenvalue weighted by atomic mass is 32.2. The molecule has 1 aliphatic heterocycles. The SMILES string of the molecule is CCC(C)C(C(=O)NCCc1ccc(S(N)(=O)=O)cc1)N1C(=O)c2ccccc2C1=O. The number of nitrogens with one attached hydrogen (secondary N) is 1. The minimum Gasteiger partial charge on any atom is -0.354 e. The Labute approximate surface area is 181 Å². The molecule has 0 radical (unpaired) electrons. The fourth-order valence-electron chi connectivity index (χ4n) is 3.59. The van der Waals surface area contributed by atoms with E-state index >= 15 is 0 Å². The highest BCUT2D eigenvalue weighted by Gasteiger charge is 2.44. The van der Waals surface area contributed by atoms with Crippen molar-refractivity contribution in [2.45, 2.75) is 37.6 Å². The second-order valence-corrected chi connectivity index (χ2v) is 9.15. The van der Waals surface area contributed by atoms with Gasteiger partial charge in [-0.2, -0.15) is 0 Å². The average molecular weight is 444 g/mol. The van der Waals surface area contributed by atoms with E-state index in [9.17, 15) is 22.8 Å². The van der Waals surface area contributed by atoms with Crippen LogP contribution >= 0.6 is 0 Å². The largest absolute Gasteiger partial charge is 0.354 e. The molecular formula is C22H25N3O5S. The number of imide groups is 1. The standard InChI is InChI=1S/C22H25N3O5S/c1-3-14(2)19(25-21(27)17-6-4-5-7-18(17)22(25)28)20(26)24-13-12-15-8-10-16(11-9-15)31(23,29)30/h4-11,14,19H,3,12-13H2,1-2H3,(H,24,26)(H2,23,29,30). The van der Waals surface area contributed by atoms with Crippen LogP contribution in [0.4, 0.5) is 0 Å². The van der Waals surface area contributed by atoms with E-state index in [4.69, 9.17) is 5.14 Å². The maximum Gasteiger partial charge on any atom is 0.262 e. The van der Waals surface area contributed by atoms with Gasteiger partial charge in [0.25, 0.3) is 11.8 Å². The number of sulfonamides is 1.